The fourth-order valence-corrected chi connectivity index (χ4v) is 8.61. The number of fused-ring (bicyclic) bond motifs is 4. The Morgan fingerprint density at radius 2 is 0.951 bits per heavy atom. The van der Waals surface area contributed by atoms with E-state index < -0.39 is 0 Å². The molecular weight excluding hydrogens is 513 g/mol. The highest BCUT2D eigenvalue weighted by atomic mass is 32.1. The molecule has 1 aromatic heterocycles. The molecule has 188 valence electrons. The molecule has 0 saturated heterocycles. The zero-order chi connectivity index (χ0) is 26.7. The molecule has 0 nitrogen and oxygen atoms in total. The smallest absolute Gasteiger partial charge is 0.0440 e. The fraction of sp³-hybridized carbons (Fsp3) is 0. The Morgan fingerprint density at radius 3 is 1.78 bits per heavy atom. The summed E-state index contributed by atoms with van der Waals surface area (Å²) in [5.74, 6) is 0. The Morgan fingerprint density at radius 1 is 0.341 bits per heavy atom. The summed E-state index contributed by atoms with van der Waals surface area (Å²) >= 11 is 1.92. The van der Waals surface area contributed by atoms with E-state index >= 15 is 0 Å². The Hall–Kier alpha value is -4.98. The van der Waals surface area contributed by atoms with Crippen LogP contribution in [0.15, 0.2) is 133 Å². The van der Waals surface area contributed by atoms with Crippen molar-refractivity contribution in [2.24, 2.45) is 0 Å². The highest BCUT2D eigenvalue weighted by Gasteiger charge is 2.22. The summed E-state index contributed by atoms with van der Waals surface area (Å²) in [5, 5.41) is 10.7. The van der Waals surface area contributed by atoms with Gasteiger partial charge in [-0.3, -0.25) is 0 Å². The van der Waals surface area contributed by atoms with Crippen LogP contribution >= 0.6 is 11.3 Å². The quantitative estimate of drug-likeness (QED) is 0.193. The summed E-state index contributed by atoms with van der Waals surface area (Å²) in [5.41, 5.74) is 10.5. The van der Waals surface area contributed by atoms with Crippen LogP contribution < -0.4 is 0 Å². The third-order valence-electron chi connectivity index (χ3n) is 9.16. The van der Waals surface area contributed by atoms with Crippen molar-refractivity contribution in [1.29, 1.82) is 0 Å². The van der Waals surface area contributed by atoms with E-state index in [1.807, 2.05) is 11.3 Å². The lowest BCUT2D eigenvalue weighted by Gasteiger charge is -2.12. The first-order valence-electron chi connectivity index (χ1n) is 14.2. The average molecular weight is 535 g/mol. The number of thiophene rings is 1. The molecule has 0 fully saturated rings. The summed E-state index contributed by atoms with van der Waals surface area (Å²) in [4.78, 5) is 0. The second kappa shape index (κ2) is 7.81. The fourth-order valence-electron chi connectivity index (χ4n) is 7.30. The van der Waals surface area contributed by atoms with Gasteiger partial charge in [0, 0.05) is 20.2 Å². The van der Waals surface area contributed by atoms with E-state index in [1.165, 1.54) is 97.0 Å². The minimum atomic E-state index is 1.26. The summed E-state index contributed by atoms with van der Waals surface area (Å²) in [7, 11) is 0. The van der Waals surface area contributed by atoms with Crippen molar-refractivity contribution in [1.82, 2.24) is 0 Å². The van der Waals surface area contributed by atoms with Crippen LogP contribution in [0.2, 0.25) is 0 Å². The topological polar surface area (TPSA) is 0 Å². The lowest BCUT2D eigenvalue weighted by atomic mass is 9.92. The zero-order valence-electron chi connectivity index (χ0n) is 22.1. The van der Waals surface area contributed by atoms with Gasteiger partial charge in [-0.25, -0.2) is 0 Å². The Kier molecular flexibility index (Phi) is 4.15. The van der Waals surface area contributed by atoms with Gasteiger partial charge in [-0.15, -0.1) is 11.3 Å². The molecule has 0 radical (unpaired) electrons. The van der Waals surface area contributed by atoms with Crippen LogP contribution in [0.5, 0.6) is 0 Å². The molecule has 41 heavy (non-hydrogen) atoms. The van der Waals surface area contributed by atoms with Crippen LogP contribution in [0, 0.1) is 0 Å². The maximum atomic E-state index is 2.39. The molecule has 1 heteroatoms. The van der Waals surface area contributed by atoms with Gasteiger partial charge in [0.15, 0.2) is 0 Å². The van der Waals surface area contributed by atoms with E-state index in [2.05, 4.69) is 133 Å². The molecule has 0 bridgehead atoms. The number of rotatable bonds is 2. The van der Waals surface area contributed by atoms with Gasteiger partial charge in [0.2, 0.25) is 0 Å². The third-order valence-corrected chi connectivity index (χ3v) is 10.4. The maximum Gasteiger partial charge on any atom is 0.0440 e. The Labute approximate surface area is 241 Å². The van der Waals surface area contributed by atoms with Gasteiger partial charge < -0.3 is 0 Å². The van der Waals surface area contributed by atoms with E-state index in [-0.39, 0.29) is 0 Å². The van der Waals surface area contributed by atoms with Gasteiger partial charge in [-0.05, 0) is 95.0 Å². The minimum Gasteiger partial charge on any atom is -0.134 e. The van der Waals surface area contributed by atoms with E-state index in [9.17, 15) is 0 Å². The summed E-state index contributed by atoms with van der Waals surface area (Å²) in [6.45, 7) is 0. The normalized spacial score (nSPS) is 12.4. The highest BCUT2D eigenvalue weighted by molar-refractivity contribution is 7.26. The molecule has 0 aliphatic heterocycles. The maximum absolute atomic E-state index is 2.39. The van der Waals surface area contributed by atoms with Gasteiger partial charge in [-0.1, -0.05) is 115 Å². The highest BCUT2D eigenvalue weighted by Crippen LogP contribution is 2.49. The van der Waals surface area contributed by atoms with Gasteiger partial charge >= 0.3 is 0 Å². The van der Waals surface area contributed by atoms with E-state index in [0.717, 1.165) is 0 Å². The summed E-state index contributed by atoms with van der Waals surface area (Å²) in [6.07, 6.45) is 0. The molecular formula is C40H22S. The molecule has 0 amide bonds. The Balaban J connectivity index is 1.17. The Bertz CT molecular complexity index is 2500. The second-order valence-electron chi connectivity index (χ2n) is 11.3. The second-order valence-corrected chi connectivity index (χ2v) is 12.3. The molecule has 1 aliphatic carbocycles. The minimum absolute atomic E-state index is 1.26. The van der Waals surface area contributed by atoms with Crippen molar-refractivity contribution in [3.63, 3.8) is 0 Å². The predicted molar refractivity (Wildman–Crippen MR) is 178 cm³/mol. The van der Waals surface area contributed by atoms with Crippen LogP contribution in [-0.4, -0.2) is 0 Å². The van der Waals surface area contributed by atoms with E-state index in [1.54, 1.807) is 0 Å². The molecule has 8 aromatic carbocycles. The molecule has 10 rings (SSSR count). The standard InChI is InChI=1S/C40H22S/c1-2-7-32-31(6-1)34-9-4-8-33-29(19-20-35(32)39(33)34)26-15-11-23-12-16-27(22-28(23)21-26)30-18-17-25-14-13-24-5-3-10-36-37(24)38(25)40(30)41-36/h1-22H. The first-order valence-corrected chi connectivity index (χ1v) is 15.0. The van der Waals surface area contributed by atoms with Crippen molar-refractivity contribution in [2.45, 2.75) is 0 Å². The van der Waals surface area contributed by atoms with E-state index in [0.29, 0.717) is 0 Å². The van der Waals surface area contributed by atoms with Crippen LogP contribution in [0.25, 0.3) is 97.0 Å². The summed E-state index contributed by atoms with van der Waals surface area (Å²) in [6, 6.07) is 49.9. The molecule has 0 unspecified atom stereocenters. The lowest BCUT2D eigenvalue weighted by Crippen LogP contribution is -1.85. The molecule has 1 heterocycles. The first kappa shape index (κ1) is 21.8. The lowest BCUT2D eigenvalue weighted by molar-refractivity contribution is 1.67. The molecule has 0 spiro atoms. The zero-order valence-corrected chi connectivity index (χ0v) is 22.9. The van der Waals surface area contributed by atoms with Gasteiger partial charge in [-0.2, -0.15) is 0 Å². The van der Waals surface area contributed by atoms with Gasteiger partial charge in [0.05, 0.1) is 0 Å². The van der Waals surface area contributed by atoms with Crippen molar-refractivity contribution in [3.05, 3.63) is 133 Å². The van der Waals surface area contributed by atoms with Crippen LogP contribution in [-0.2, 0) is 0 Å². The van der Waals surface area contributed by atoms with Crippen LogP contribution in [0.1, 0.15) is 0 Å². The largest absolute Gasteiger partial charge is 0.134 e. The van der Waals surface area contributed by atoms with Crippen molar-refractivity contribution < 1.29 is 0 Å². The van der Waals surface area contributed by atoms with Gasteiger partial charge in [0.25, 0.3) is 0 Å². The number of hydrogen-bond acceptors (Lipinski definition) is 1. The van der Waals surface area contributed by atoms with Crippen molar-refractivity contribution in [3.8, 4) is 44.5 Å². The predicted octanol–water partition coefficient (Wildman–Crippen LogP) is 11.9. The van der Waals surface area contributed by atoms with Crippen LogP contribution in [0.3, 0.4) is 0 Å². The van der Waals surface area contributed by atoms with Crippen LogP contribution in [0.4, 0.5) is 0 Å². The average Bonchev–Trinajstić information content (AvgIpc) is 3.58. The number of benzene rings is 8. The molecule has 0 atom stereocenters. The first-order chi connectivity index (χ1) is 20.3. The number of hydrogen-bond donors (Lipinski definition) is 0. The SMILES string of the molecule is c1ccc2c(c1)-c1cccc3c(-c4ccc5ccc(-c6ccc7ccc8cccc9sc6c7c89)cc5c4)ccc-2c13. The van der Waals surface area contributed by atoms with Crippen molar-refractivity contribution in [2.75, 3.05) is 0 Å². The van der Waals surface area contributed by atoms with E-state index in [4.69, 9.17) is 0 Å². The molecule has 0 saturated carbocycles. The summed E-state index contributed by atoms with van der Waals surface area (Å²) < 4.78 is 2.75. The molecule has 9 aromatic rings. The molecule has 1 aliphatic rings. The van der Waals surface area contributed by atoms with Crippen molar-refractivity contribution >= 4 is 63.8 Å². The monoisotopic (exact) mass is 534 g/mol. The van der Waals surface area contributed by atoms with Gasteiger partial charge in [0.1, 0.15) is 0 Å². The molecule has 0 N–H and O–H groups in total. The third kappa shape index (κ3) is 2.89.